The van der Waals surface area contributed by atoms with E-state index < -0.39 is 0 Å². The second kappa shape index (κ2) is 4.93. The van der Waals surface area contributed by atoms with E-state index in [1.807, 2.05) is 10.8 Å². The summed E-state index contributed by atoms with van der Waals surface area (Å²) in [6.07, 6.45) is 5.06. The molecule has 0 unspecified atom stereocenters. The van der Waals surface area contributed by atoms with Crippen molar-refractivity contribution in [1.29, 1.82) is 0 Å². The average Bonchev–Trinajstić information content (AvgIpc) is 2.76. The smallest absolute Gasteiger partial charge is 0.226 e. The van der Waals surface area contributed by atoms with Gasteiger partial charge in [0.2, 0.25) is 5.88 Å². The highest BCUT2D eigenvalue weighted by atomic mass is 127. The number of methoxy groups -OCH3 is 1. The Balaban J connectivity index is 2.31. The summed E-state index contributed by atoms with van der Waals surface area (Å²) in [5.41, 5.74) is 0.742. The van der Waals surface area contributed by atoms with Gasteiger partial charge >= 0.3 is 0 Å². The van der Waals surface area contributed by atoms with Crippen LogP contribution >= 0.6 is 34.2 Å². The molecule has 0 atom stereocenters. The number of fused-ring (bicyclic) bond motifs is 1. The Kier molecular flexibility index (Phi) is 3.28. The van der Waals surface area contributed by atoms with Crippen LogP contribution in [-0.2, 0) is 0 Å². The first-order valence-corrected chi connectivity index (χ1v) is 6.84. The van der Waals surface area contributed by atoms with E-state index in [9.17, 15) is 0 Å². The number of hydrogen-bond acceptors (Lipinski definition) is 4. The Labute approximate surface area is 127 Å². The maximum atomic E-state index is 6.00. The summed E-state index contributed by atoms with van der Waals surface area (Å²) < 4.78 is 8.13. The lowest BCUT2D eigenvalue weighted by Gasteiger charge is -2.04. The molecule has 19 heavy (non-hydrogen) atoms. The minimum atomic E-state index is 0.551. The number of rotatable bonds is 2. The summed E-state index contributed by atoms with van der Waals surface area (Å²) in [5.74, 6) is 1.26. The van der Waals surface area contributed by atoms with Gasteiger partial charge < -0.3 is 4.74 Å². The normalized spacial score (nSPS) is 10.9. The van der Waals surface area contributed by atoms with Gasteiger partial charge in [-0.05, 0) is 28.7 Å². The molecule has 0 spiro atoms. The average molecular weight is 387 g/mol. The lowest BCUT2D eigenvalue weighted by molar-refractivity contribution is 0.402. The Morgan fingerprint density at radius 2 is 2.16 bits per heavy atom. The third-order valence-corrected chi connectivity index (χ3v) is 3.70. The van der Waals surface area contributed by atoms with Crippen molar-refractivity contribution in [2.75, 3.05) is 7.11 Å². The standard InChI is InChI=1S/C12H8ClIN4O/c1-19-12-10-8(14)5-18(11(10)16-6-17-12)9-4-7(13)2-3-15-9/h2-6H,1H3. The summed E-state index contributed by atoms with van der Waals surface area (Å²) in [4.78, 5) is 12.7. The third-order valence-electron chi connectivity index (χ3n) is 2.65. The largest absolute Gasteiger partial charge is 0.480 e. The minimum Gasteiger partial charge on any atom is -0.480 e. The van der Waals surface area contributed by atoms with Crippen LogP contribution in [-0.4, -0.2) is 26.6 Å². The van der Waals surface area contributed by atoms with Gasteiger partial charge in [-0.3, -0.25) is 4.57 Å². The highest BCUT2D eigenvalue weighted by Gasteiger charge is 2.15. The Morgan fingerprint density at radius 1 is 1.32 bits per heavy atom. The zero-order valence-electron chi connectivity index (χ0n) is 9.84. The van der Waals surface area contributed by atoms with Crippen LogP contribution in [0.25, 0.3) is 16.9 Å². The molecule has 0 aliphatic rings. The van der Waals surface area contributed by atoms with E-state index in [1.54, 1.807) is 25.4 Å². The molecule has 0 saturated carbocycles. The van der Waals surface area contributed by atoms with Crippen molar-refractivity contribution in [2.45, 2.75) is 0 Å². The summed E-state index contributed by atoms with van der Waals surface area (Å²) in [6.45, 7) is 0. The van der Waals surface area contributed by atoms with Gasteiger partial charge in [0.15, 0.2) is 5.65 Å². The first kappa shape index (κ1) is 12.6. The molecule has 7 heteroatoms. The third kappa shape index (κ3) is 2.14. The molecular formula is C12H8ClIN4O. The molecular weight excluding hydrogens is 379 g/mol. The summed E-state index contributed by atoms with van der Waals surface area (Å²) in [6, 6.07) is 3.52. The quantitative estimate of drug-likeness (QED) is 0.635. The molecule has 0 fully saturated rings. The molecule has 0 aromatic carbocycles. The summed E-state index contributed by atoms with van der Waals surface area (Å²) in [7, 11) is 1.59. The predicted molar refractivity (Wildman–Crippen MR) is 80.9 cm³/mol. The van der Waals surface area contributed by atoms with E-state index in [0.717, 1.165) is 14.6 Å². The first-order valence-electron chi connectivity index (χ1n) is 5.38. The zero-order chi connectivity index (χ0) is 13.4. The van der Waals surface area contributed by atoms with Crippen LogP contribution in [0.15, 0.2) is 30.9 Å². The monoisotopic (exact) mass is 386 g/mol. The Bertz CT molecular complexity index is 759. The van der Waals surface area contributed by atoms with Crippen molar-refractivity contribution in [3.8, 4) is 11.7 Å². The number of ether oxygens (including phenoxy) is 1. The van der Waals surface area contributed by atoms with Gasteiger partial charge in [-0.25, -0.2) is 15.0 Å². The van der Waals surface area contributed by atoms with Gasteiger partial charge in [0.25, 0.3) is 0 Å². The molecule has 0 amide bonds. The van der Waals surface area contributed by atoms with Gasteiger partial charge in [-0.1, -0.05) is 11.6 Å². The Hall–Kier alpha value is -1.41. The molecule has 0 bridgehead atoms. The summed E-state index contributed by atoms with van der Waals surface area (Å²) >= 11 is 8.22. The molecule has 5 nitrogen and oxygen atoms in total. The van der Waals surface area contributed by atoms with Gasteiger partial charge in [0.05, 0.1) is 12.5 Å². The van der Waals surface area contributed by atoms with Crippen molar-refractivity contribution in [2.24, 2.45) is 0 Å². The van der Waals surface area contributed by atoms with E-state index in [4.69, 9.17) is 16.3 Å². The summed E-state index contributed by atoms with van der Waals surface area (Å²) in [5, 5.41) is 1.50. The molecule has 0 aliphatic carbocycles. The fourth-order valence-corrected chi connectivity index (χ4v) is 2.75. The maximum Gasteiger partial charge on any atom is 0.226 e. The van der Waals surface area contributed by atoms with E-state index in [0.29, 0.717) is 16.7 Å². The van der Waals surface area contributed by atoms with Gasteiger partial charge in [-0.15, -0.1) is 0 Å². The van der Waals surface area contributed by atoms with Crippen LogP contribution in [0.5, 0.6) is 5.88 Å². The van der Waals surface area contributed by atoms with Gasteiger partial charge in [0, 0.05) is 27.1 Å². The molecule has 3 aromatic rings. The fraction of sp³-hybridized carbons (Fsp3) is 0.0833. The second-order valence-electron chi connectivity index (χ2n) is 3.76. The van der Waals surface area contributed by atoms with Crippen molar-refractivity contribution in [3.05, 3.63) is 39.4 Å². The minimum absolute atomic E-state index is 0.551. The molecule has 3 heterocycles. The predicted octanol–water partition coefficient (Wildman–Crippen LogP) is 3.08. The van der Waals surface area contributed by atoms with Crippen molar-refractivity contribution in [3.63, 3.8) is 0 Å². The zero-order valence-corrected chi connectivity index (χ0v) is 12.8. The van der Waals surface area contributed by atoms with Crippen LogP contribution in [0.3, 0.4) is 0 Å². The number of nitrogens with zero attached hydrogens (tertiary/aromatic N) is 4. The van der Waals surface area contributed by atoms with E-state index >= 15 is 0 Å². The van der Waals surface area contributed by atoms with Crippen LogP contribution in [0.1, 0.15) is 0 Å². The van der Waals surface area contributed by atoms with Crippen molar-refractivity contribution < 1.29 is 4.74 Å². The van der Waals surface area contributed by atoms with E-state index in [1.165, 1.54) is 6.33 Å². The van der Waals surface area contributed by atoms with E-state index in [2.05, 4.69) is 37.5 Å². The first-order chi connectivity index (χ1) is 9.20. The number of hydrogen-bond donors (Lipinski definition) is 0. The van der Waals surface area contributed by atoms with Crippen LogP contribution in [0.4, 0.5) is 0 Å². The van der Waals surface area contributed by atoms with Gasteiger partial charge in [0.1, 0.15) is 12.1 Å². The molecule has 3 rings (SSSR count). The number of aromatic nitrogens is 4. The van der Waals surface area contributed by atoms with Gasteiger partial charge in [-0.2, -0.15) is 0 Å². The Morgan fingerprint density at radius 3 is 2.89 bits per heavy atom. The van der Waals surface area contributed by atoms with Crippen molar-refractivity contribution in [1.82, 2.24) is 19.5 Å². The highest BCUT2D eigenvalue weighted by molar-refractivity contribution is 14.1. The van der Waals surface area contributed by atoms with Crippen LogP contribution in [0, 0.1) is 3.57 Å². The molecule has 0 radical (unpaired) electrons. The lowest BCUT2D eigenvalue weighted by atomic mass is 10.4. The SMILES string of the molecule is COc1ncnc2c1c(I)cn2-c1cc(Cl)ccn1. The molecule has 96 valence electrons. The fourth-order valence-electron chi connectivity index (χ4n) is 1.85. The number of halogens is 2. The molecule has 3 aromatic heterocycles. The molecule has 0 N–H and O–H groups in total. The second-order valence-corrected chi connectivity index (χ2v) is 5.36. The van der Waals surface area contributed by atoms with Crippen LogP contribution < -0.4 is 4.74 Å². The topological polar surface area (TPSA) is 52.8 Å². The van der Waals surface area contributed by atoms with E-state index in [-0.39, 0.29) is 0 Å². The molecule has 0 aliphatic heterocycles. The molecule has 0 saturated heterocycles. The van der Waals surface area contributed by atoms with Crippen molar-refractivity contribution >= 4 is 45.2 Å². The van der Waals surface area contributed by atoms with Crippen LogP contribution in [0.2, 0.25) is 5.02 Å². The lowest BCUT2D eigenvalue weighted by Crippen LogP contribution is -1.97. The maximum absolute atomic E-state index is 6.00. The number of pyridine rings is 1. The highest BCUT2D eigenvalue weighted by Crippen LogP contribution is 2.30.